The first-order valence-electron chi connectivity index (χ1n) is 12.9. The van der Waals surface area contributed by atoms with Crippen LogP contribution in [0.3, 0.4) is 0 Å². The molecular weight excluding hydrogens is 464 g/mol. The highest BCUT2D eigenvalue weighted by Gasteiger charge is 2.47. The zero-order chi connectivity index (χ0) is 25.3. The summed E-state index contributed by atoms with van der Waals surface area (Å²) in [5.74, 6) is 1.61. The van der Waals surface area contributed by atoms with E-state index in [2.05, 4.69) is 31.6 Å². The Morgan fingerprint density at radius 2 is 1.94 bits per heavy atom. The van der Waals surface area contributed by atoms with Gasteiger partial charge in [0, 0.05) is 29.5 Å². The molecule has 0 saturated heterocycles. The molecule has 1 unspecified atom stereocenters. The fraction of sp³-hybridized carbons (Fsp3) is 0.643. The first-order valence-corrected chi connectivity index (χ1v) is 13.3. The number of nitrogens with one attached hydrogen (secondary N) is 2. The summed E-state index contributed by atoms with van der Waals surface area (Å²) in [5, 5.41) is 13.0. The van der Waals surface area contributed by atoms with E-state index >= 15 is 0 Å². The molecule has 1 heterocycles. The first kappa shape index (κ1) is 26.0. The third-order valence-corrected chi connectivity index (χ3v) is 7.79. The molecule has 2 atom stereocenters. The zero-order valence-electron chi connectivity index (χ0n) is 21.3. The van der Waals surface area contributed by atoms with Crippen LogP contribution in [0.2, 0.25) is 5.02 Å². The molecule has 0 spiro atoms. The largest absolute Gasteiger partial charge is 0.481 e. The van der Waals surface area contributed by atoms with Crippen LogP contribution >= 0.6 is 11.6 Å². The summed E-state index contributed by atoms with van der Waals surface area (Å²) in [7, 11) is 0. The third-order valence-electron chi connectivity index (χ3n) is 7.55. The van der Waals surface area contributed by atoms with Gasteiger partial charge in [-0.15, -0.1) is 5.48 Å². The van der Waals surface area contributed by atoms with Crippen LogP contribution in [0.4, 0.5) is 5.69 Å². The van der Waals surface area contributed by atoms with Gasteiger partial charge >= 0.3 is 5.97 Å². The lowest BCUT2D eigenvalue weighted by Crippen LogP contribution is -2.36. The average molecular weight is 503 g/mol. The van der Waals surface area contributed by atoms with Crippen LogP contribution in [0, 0.1) is 36.0 Å². The molecule has 0 aromatic heterocycles. The standard InChI is InChI=1S/C28H39ClN2O4/c1-16-11-21(29)8-9-22(16)30-23(32)14-19(7-10-24(33)34)26-25(18-5-6-18)27(35-31-26)20-12-17(13-20)15-28(2,3)4/h8-9,11,17-20,26,31H,5-7,10,12-15H2,1-4H3,(H,30,32)(H,33,34)/t17?,19-,20?,26?/m1/s1. The van der Waals surface area contributed by atoms with Gasteiger partial charge < -0.3 is 15.3 Å². The van der Waals surface area contributed by atoms with Gasteiger partial charge in [0.15, 0.2) is 0 Å². The number of benzene rings is 1. The van der Waals surface area contributed by atoms with Crippen LogP contribution in [-0.4, -0.2) is 23.0 Å². The second-order valence-electron chi connectivity index (χ2n) is 12.0. The minimum atomic E-state index is -0.843. The van der Waals surface area contributed by atoms with E-state index in [-0.39, 0.29) is 30.7 Å². The molecule has 192 valence electrons. The number of hydroxylamine groups is 1. The van der Waals surface area contributed by atoms with Crippen molar-refractivity contribution in [3.8, 4) is 0 Å². The maximum absolute atomic E-state index is 13.0. The fourth-order valence-corrected chi connectivity index (χ4v) is 6.03. The molecule has 1 aromatic rings. The van der Waals surface area contributed by atoms with Crippen molar-refractivity contribution in [1.29, 1.82) is 0 Å². The maximum atomic E-state index is 13.0. The normalized spacial score (nSPS) is 25.1. The van der Waals surface area contributed by atoms with Gasteiger partial charge in [-0.25, -0.2) is 0 Å². The van der Waals surface area contributed by atoms with E-state index in [1.165, 1.54) is 12.0 Å². The number of hydrogen-bond acceptors (Lipinski definition) is 4. The highest BCUT2D eigenvalue weighted by molar-refractivity contribution is 6.30. The van der Waals surface area contributed by atoms with Crippen LogP contribution in [0.5, 0.6) is 0 Å². The zero-order valence-corrected chi connectivity index (χ0v) is 22.1. The summed E-state index contributed by atoms with van der Waals surface area (Å²) < 4.78 is 0. The number of carbonyl (C=O) groups is 2. The third kappa shape index (κ3) is 6.79. The van der Waals surface area contributed by atoms with E-state index in [0.29, 0.717) is 28.7 Å². The number of amides is 1. The molecule has 1 aromatic carbocycles. The molecule has 6 nitrogen and oxygen atoms in total. The number of halogens is 1. The van der Waals surface area contributed by atoms with Gasteiger partial charge in [0.05, 0.1) is 6.04 Å². The van der Waals surface area contributed by atoms with Crippen molar-refractivity contribution in [2.45, 2.75) is 85.1 Å². The molecule has 2 fully saturated rings. The molecule has 2 aliphatic carbocycles. The van der Waals surface area contributed by atoms with Gasteiger partial charge in [-0.3, -0.25) is 9.59 Å². The highest BCUT2D eigenvalue weighted by Crippen LogP contribution is 2.52. The minimum absolute atomic E-state index is 0.0282. The lowest BCUT2D eigenvalue weighted by atomic mass is 9.66. The van der Waals surface area contributed by atoms with E-state index in [0.717, 1.165) is 48.6 Å². The molecule has 2 saturated carbocycles. The van der Waals surface area contributed by atoms with Crippen molar-refractivity contribution in [3.63, 3.8) is 0 Å². The van der Waals surface area contributed by atoms with E-state index in [1.54, 1.807) is 12.1 Å². The molecular formula is C28H39ClN2O4. The van der Waals surface area contributed by atoms with Crippen molar-refractivity contribution in [2.75, 3.05) is 5.32 Å². The van der Waals surface area contributed by atoms with Crippen molar-refractivity contribution >= 4 is 29.2 Å². The van der Waals surface area contributed by atoms with Crippen LogP contribution in [0.15, 0.2) is 29.5 Å². The second-order valence-corrected chi connectivity index (χ2v) is 12.4. The number of carboxylic acid groups (broad SMARTS) is 1. The van der Waals surface area contributed by atoms with Crippen molar-refractivity contribution in [3.05, 3.63) is 40.1 Å². The van der Waals surface area contributed by atoms with Crippen LogP contribution < -0.4 is 10.8 Å². The Labute approximate surface area is 213 Å². The molecule has 0 radical (unpaired) electrons. The predicted octanol–water partition coefficient (Wildman–Crippen LogP) is 6.49. The van der Waals surface area contributed by atoms with E-state index in [1.807, 2.05) is 13.0 Å². The number of allylic oxidation sites excluding steroid dienone is 1. The van der Waals surface area contributed by atoms with E-state index in [9.17, 15) is 14.7 Å². The van der Waals surface area contributed by atoms with Crippen molar-refractivity contribution < 1.29 is 19.5 Å². The molecule has 0 bridgehead atoms. The smallest absolute Gasteiger partial charge is 0.303 e. The van der Waals surface area contributed by atoms with Crippen molar-refractivity contribution in [2.24, 2.45) is 29.1 Å². The highest BCUT2D eigenvalue weighted by atomic mass is 35.5. The summed E-state index contributed by atoms with van der Waals surface area (Å²) >= 11 is 6.05. The summed E-state index contributed by atoms with van der Waals surface area (Å²) in [5.41, 5.74) is 6.49. The van der Waals surface area contributed by atoms with Crippen LogP contribution in [0.1, 0.15) is 77.7 Å². The quantitative estimate of drug-likeness (QED) is 0.340. The minimum Gasteiger partial charge on any atom is -0.481 e. The predicted molar refractivity (Wildman–Crippen MR) is 138 cm³/mol. The van der Waals surface area contributed by atoms with Gasteiger partial charge in [-0.2, -0.15) is 0 Å². The Hall–Kier alpha value is -2.05. The van der Waals surface area contributed by atoms with Crippen LogP contribution in [0.25, 0.3) is 0 Å². The van der Waals surface area contributed by atoms with Gasteiger partial charge in [0.2, 0.25) is 5.91 Å². The molecule has 3 N–H and O–H groups in total. The summed E-state index contributed by atoms with van der Waals surface area (Å²) in [6.45, 7) is 8.79. The SMILES string of the molecule is Cc1cc(Cl)ccc1NC(=O)C[C@@H](CCC(=O)O)C1NOC(C2CC(CC(C)(C)C)C2)=C1C1CC1. The number of carbonyl (C=O) groups excluding carboxylic acids is 1. The monoisotopic (exact) mass is 502 g/mol. The molecule has 3 aliphatic rings. The Kier molecular flexibility index (Phi) is 7.82. The lowest BCUT2D eigenvalue weighted by molar-refractivity contribution is -0.137. The number of hydrogen-bond donors (Lipinski definition) is 3. The molecule has 1 amide bonds. The van der Waals surface area contributed by atoms with Crippen LogP contribution in [-0.2, 0) is 14.4 Å². The molecule has 7 heteroatoms. The second kappa shape index (κ2) is 10.5. The maximum Gasteiger partial charge on any atom is 0.303 e. The molecule has 4 rings (SSSR count). The topological polar surface area (TPSA) is 87.7 Å². The van der Waals surface area contributed by atoms with Crippen molar-refractivity contribution in [1.82, 2.24) is 5.48 Å². The molecule has 35 heavy (non-hydrogen) atoms. The number of carboxylic acids is 1. The van der Waals surface area contributed by atoms with E-state index < -0.39 is 5.97 Å². The number of aliphatic carboxylic acids is 1. The Morgan fingerprint density at radius 3 is 2.54 bits per heavy atom. The Bertz CT molecular complexity index is 989. The summed E-state index contributed by atoms with van der Waals surface area (Å²) in [6, 6.07) is 5.26. The van der Waals surface area contributed by atoms with Gasteiger partial charge in [0.1, 0.15) is 5.76 Å². The number of rotatable bonds is 10. The average Bonchev–Trinajstić information content (AvgIpc) is 3.47. The van der Waals surface area contributed by atoms with Gasteiger partial charge in [-0.05, 0) is 98.0 Å². The summed E-state index contributed by atoms with van der Waals surface area (Å²) in [4.78, 5) is 30.6. The first-order chi connectivity index (χ1) is 16.5. The van der Waals surface area contributed by atoms with Gasteiger partial charge in [0.25, 0.3) is 0 Å². The lowest BCUT2D eigenvalue weighted by Gasteiger charge is -2.39. The Morgan fingerprint density at radius 1 is 1.23 bits per heavy atom. The molecule has 1 aliphatic heterocycles. The van der Waals surface area contributed by atoms with E-state index in [4.69, 9.17) is 16.4 Å². The Balaban J connectivity index is 1.47. The summed E-state index contributed by atoms with van der Waals surface area (Å²) in [6.07, 6.45) is 6.47. The number of aryl methyl sites for hydroxylation is 1. The fourth-order valence-electron chi connectivity index (χ4n) is 5.81. The van der Waals surface area contributed by atoms with Gasteiger partial charge in [-0.1, -0.05) is 32.4 Å². The number of anilines is 1.